The number of hydrogen-bond donors (Lipinski definition) is 2. The van der Waals surface area contributed by atoms with Crippen LogP contribution in [-0.4, -0.2) is 48.5 Å². The average molecular weight is 419 g/mol. The fraction of sp³-hybridized carbons (Fsp3) is 0.524. The monoisotopic (exact) mass is 418 g/mol. The van der Waals surface area contributed by atoms with E-state index in [9.17, 15) is 0 Å². The molecule has 2 heterocycles. The van der Waals surface area contributed by atoms with Gasteiger partial charge in [-0.1, -0.05) is 11.6 Å². The largest absolute Gasteiger partial charge is 0.495 e. The molecule has 158 valence electrons. The van der Waals surface area contributed by atoms with E-state index in [1.54, 1.807) is 7.11 Å². The van der Waals surface area contributed by atoms with E-state index in [1.807, 2.05) is 36.9 Å². The summed E-state index contributed by atoms with van der Waals surface area (Å²) in [5, 5.41) is 12.1. The second kappa shape index (κ2) is 9.39. The summed E-state index contributed by atoms with van der Waals surface area (Å²) in [6.45, 7) is 9.43. The lowest BCUT2D eigenvalue weighted by Crippen LogP contribution is -2.44. The van der Waals surface area contributed by atoms with Gasteiger partial charge in [0, 0.05) is 49.0 Å². The number of anilines is 1. The fourth-order valence-corrected chi connectivity index (χ4v) is 3.89. The summed E-state index contributed by atoms with van der Waals surface area (Å²) in [5.74, 6) is 1.68. The third-order valence-corrected chi connectivity index (χ3v) is 5.64. The quantitative estimate of drug-likeness (QED) is 0.557. The molecule has 0 saturated carbocycles. The SMILES string of the molecule is CCNC(=NCc1c(C)nn(C)c1C)NC1CCN(c2cc(Cl)ccc2OC)C1. The molecule has 7 nitrogen and oxygen atoms in total. The van der Waals surface area contributed by atoms with Crippen LogP contribution < -0.4 is 20.3 Å². The molecule has 8 heteroatoms. The minimum absolute atomic E-state index is 0.299. The van der Waals surface area contributed by atoms with Crippen molar-refractivity contribution in [3.05, 3.63) is 40.2 Å². The number of nitrogens with zero attached hydrogens (tertiary/aromatic N) is 4. The highest BCUT2D eigenvalue weighted by Crippen LogP contribution is 2.33. The first-order valence-electron chi connectivity index (χ1n) is 10.0. The van der Waals surface area contributed by atoms with Crippen molar-refractivity contribution < 1.29 is 4.74 Å². The van der Waals surface area contributed by atoms with Crippen LogP contribution in [0, 0.1) is 13.8 Å². The van der Waals surface area contributed by atoms with Crippen molar-refractivity contribution in [1.29, 1.82) is 0 Å². The molecule has 0 aliphatic carbocycles. The van der Waals surface area contributed by atoms with Gasteiger partial charge in [-0.15, -0.1) is 0 Å². The molecule has 3 rings (SSSR count). The molecule has 0 amide bonds. The third-order valence-electron chi connectivity index (χ3n) is 5.41. The normalized spacial score (nSPS) is 17.0. The summed E-state index contributed by atoms with van der Waals surface area (Å²) in [4.78, 5) is 7.11. The summed E-state index contributed by atoms with van der Waals surface area (Å²) in [5.41, 5.74) is 4.40. The molecule has 2 N–H and O–H groups in total. The first kappa shape index (κ1) is 21.3. The Bertz CT molecular complexity index is 878. The number of aliphatic imine (C=N–C) groups is 1. The van der Waals surface area contributed by atoms with Gasteiger partial charge in [0.25, 0.3) is 0 Å². The molecule has 1 fully saturated rings. The predicted molar refractivity (Wildman–Crippen MR) is 119 cm³/mol. The fourth-order valence-electron chi connectivity index (χ4n) is 3.72. The van der Waals surface area contributed by atoms with E-state index in [4.69, 9.17) is 21.3 Å². The van der Waals surface area contributed by atoms with E-state index in [0.717, 1.165) is 54.8 Å². The number of aryl methyl sites for hydroxylation is 2. The lowest BCUT2D eigenvalue weighted by Gasteiger charge is -2.22. The van der Waals surface area contributed by atoms with Crippen LogP contribution in [0.2, 0.25) is 5.02 Å². The number of aromatic nitrogens is 2. The molecule has 1 aromatic heterocycles. The number of nitrogens with one attached hydrogen (secondary N) is 2. The minimum atomic E-state index is 0.299. The van der Waals surface area contributed by atoms with Crippen molar-refractivity contribution in [2.24, 2.45) is 12.0 Å². The Morgan fingerprint density at radius 2 is 2.17 bits per heavy atom. The highest BCUT2D eigenvalue weighted by Gasteiger charge is 2.25. The first-order valence-corrected chi connectivity index (χ1v) is 10.4. The van der Waals surface area contributed by atoms with E-state index >= 15 is 0 Å². The summed E-state index contributed by atoms with van der Waals surface area (Å²) in [7, 11) is 3.66. The number of hydrogen-bond acceptors (Lipinski definition) is 4. The van der Waals surface area contributed by atoms with E-state index < -0.39 is 0 Å². The molecular formula is C21H31ClN6O. The van der Waals surface area contributed by atoms with Crippen molar-refractivity contribution in [3.63, 3.8) is 0 Å². The van der Waals surface area contributed by atoms with Crippen LogP contribution in [0.5, 0.6) is 5.75 Å². The molecule has 1 aliphatic rings. The molecule has 0 radical (unpaired) electrons. The Morgan fingerprint density at radius 3 is 2.83 bits per heavy atom. The van der Waals surface area contributed by atoms with Crippen molar-refractivity contribution >= 4 is 23.2 Å². The molecule has 1 saturated heterocycles. The summed E-state index contributed by atoms with van der Waals surface area (Å²) >= 11 is 6.21. The van der Waals surface area contributed by atoms with E-state index in [0.29, 0.717) is 17.6 Å². The highest BCUT2D eigenvalue weighted by atomic mass is 35.5. The maximum absolute atomic E-state index is 6.21. The van der Waals surface area contributed by atoms with Crippen molar-refractivity contribution in [1.82, 2.24) is 20.4 Å². The maximum atomic E-state index is 6.21. The van der Waals surface area contributed by atoms with Crippen LogP contribution in [-0.2, 0) is 13.6 Å². The van der Waals surface area contributed by atoms with Crippen LogP contribution >= 0.6 is 11.6 Å². The van der Waals surface area contributed by atoms with Gasteiger partial charge in [0.05, 0.1) is 25.0 Å². The van der Waals surface area contributed by atoms with Gasteiger partial charge in [0.2, 0.25) is 0 Å². The second-order valence-corrected chi connectivity index (χ2v) is 7.80. The third kappa shape index (κ3) is 4.96. The molecule has 1 aliphatic heterocycles. The summed E-state index contributed by atoms with van der Waals surface area (Å²) in [6.07, 6.45) is 1.02. The zero-order valence-electron chi connectivity index (χ0n) is 17.9. The van der Waals surface area contributed by atoms with Gasteiger partial charge in [0.15, 0.2) is 5.96 Å². The van der Waals surface area contributed by atoms with Gasteiger partial charge >= 0.3 is 0 Å². The Hall–Kier alpha value is -2.41. The molecule has 0 bridgehead atoms. The first-order chi connectivity index (χ1) is 13.9. The number of methoxy groups -OCH3 is 1. The van der Waals surface area contributed by atoms with Crippen LogP contribution in [0.25, 0.3) is 0 Å². The van der Waals surface area contributed by atoms with E-state index in [2.05, 4.69) is 34.5 Å². The minimum Gasteiger partial charge on any atom is -0.495 e. The average Bonchev–Trinajstić information content (AvgIpc) is 3.25. The van der Waals surface area contributed by atoms with E-state index in [-0.39, 0.29) is 0 Å². The van der Waals surface area contributed by atoms with Crippen LogP contribution in [0.15, 0.2) is 23.2 Å². The highest BCUT2D eigenvalue weighted by molar-refractivity contribution is 6.30. The zero-order chi connectivity index (χ0) is 21.0. The number of halogens is 1. The van der Waals surface area contributed by atoms with Gasteiger partial charge in [-0.25, -0.2) is 4.99 Å². The molecule has 0 spiro atoms. The molecular weight excluding hydrogens is 388 g/mol. The molecule has 29 heavy (non-hydrogen) atoms. The Balaban J connectivity index is 1.68. The molecule has 1 atom stereocenters. The van der Waals surface area contributed by atoms with Crippen molar-refractivity contribution in [3.8, 4) is 5.75 Å². The Kier molecular flexibility index (Phi) is 6.90. The topological polar surface area (TPSA) is 66.7 Å². The lowest BCUT2D eigenvalue weighted by atomic mass is 10.2. The molecule has 2 aromatic rings. The van der Waals surface area contributed by atoms with Crippen molar-refractivity contribution in [2.45, 2.75) is 39.8 Å². The predicted octanol–water partition coefficient (Wildman–Crippen LogP) is 3.03. The van der Waals surface area contributed by atoms with Crippen LogP contribution in [0.3, 0.4) is 0 Å². The second-order valence-electron chi connectivity index (χ2n) is 7.36. The Labute approximate surface area is 178 Å². The maximum Gasteiger partial charge on any atom is 0.191 e. The number of ether oxygens (including phenoxy) is 1. The van der Waals surface area contributed by atoms with Crippen molar-refractivity contribution in [2.75, 3.05) is 31.6 Å². The van der Waals surface area contributed by atoms with Gasteiger partial charge < -0.3 is 20.3 Å². The van der Waals surface area contributed by atoms with Gasteiger partial charge in [-0.2, -0.15) is 5.10 Å². The smallest absolute Gasteiger partial charge is 0.191 e. The number of guanidine groups is 1. The molecule has 1 unspecified atom stereocenters. The summed E-state index contributed by atoms with van der Waals surface area (Å²) < 4.78 is 7.43. The van der Waals surface area contributed by atoms with Crippen LogP contribution in [0.1, 0.15) is 30.3 Å². The zero-order valence-corrected chi connectivity index (χ0v) is 18.7. The number of rotatable bonds is 6. The van der Waals surface area contributed by atoms with Crippen LogP contribution in [0.4, 0.5) is 5.69 Å². The Morgan fingerprint density at radius 1 is 1.38 bits per heavy atom. The van der Waals surface area contributed by atoms with Gasteiger partial charge in [-0.05, 0) is 45.4 Å². The van der Waals surface area contributed by atoms with Gasteiger partial charge in [-0.3, -0.25) is 4.68 Å². The summed E-state index contributed by atoms with van der Waals surface area (Å²) in [6, 6.07) is 6.04. The van der Waals surface area contributed by atoms with E-state index in [1.165, 1.54) is 5.56 Å². The number of benzene rings is 1. The van der Waals surface area contributed by atoms with Gasteiger partial charge in [0.1, 0.15) is 5.75 Å². The lowest BCUT2D eigenvalue weighted by molar-refractivity contribution is 0.415. The standard InChI is InChI=1S/C21H31ClN6O/c1-6-23-21(24-12-18-14(2)26-27(4)15(18)3)25-17-9-10-28(13-17)19-11-16(22)7-8-20(19)29-5/h7-8,11,17H,6,9-10,12-13H2,1-5H3,(H2,23,24,25). The molecule has 1 aromatic carbocycles.